The topological polar surface area (TPSA) is 55.4 Å². The highest BCUT2D eigenvalue weighted by molar-refractivity contribution is 6.35. The number of esters is 1. The number of halogens is 2. The maximum absolute atomic E-state index is 11.7. The fourth-order valence-corrected chi connectivity index (χ4v) is 2.50. The van der Waals surface area contributed by atoms with Crippen LogP contribution in [-0.4, -0.2) is 24.5 Å². The molecule has 0 aromatic heterocycles. The zero-order chi connectivity index (χ0) is 15.4. The van der Waals surface area contributed by atoms with Crippen molar-refractivity contribution < 1.29 is 14.3 Å². The lowest BCUT2D eigenvalue weighted by Crippen LogP contribution is -2.37. The molecule has 1 aromatic rings. The van der Waals surface area contributed by atoms with E-state index in [1.54, 1.807) is 18.2 Å². The van der Waals surface area contributed by atoms with Crippen LogP contribution in [0.5, 0.6) is 0 Å². The lowest BCUT2D eigenvalue weighted by atomic mass is 10.1. The second kappa shape index (κ2) is 7.14. The van der Waals surface area contributed by atoms with Crippen molar-refractivity contribution in [2.24, 2.45) is 5.92 Å². The quantitative estimate of drug-likeness (QED) is 0.816. The minimum atomic E-state index is -0.492. The molecule has 1 amide bonds. The summed E-state index contributed by atoms with van der Waals surface area (Å²) in [6.07, 6.45) is 2.31. The molecular formula is C15H17Cl2NO3. The van der Waals surface area contributed by atoms with E-state index >= 15 is 0 Å². The van der Waals surface area contributed by atoms with Gasteiger partial charge in [-0.3, -0.25) is 9.59 Å². The molecule has 1 saturated carbocycles. The van der Waals surface area contributed by atoms with Crippen LogP contribution in [0, 0.1) is 5.92 Å². The smallest absolute Gasteiger partial charge is 0.310 e. The van der Waals surface area contributed by atoms with E-state index in [4.69, 9.17) is 27.9 Å². The van der Waals surface area contributed by atoms with Gasteiger partial charge in [0.25, 0.3) is 5.91 Å². The highest BCUT2D eigenvalue weighted by Gasteiger charge is 2.28. The molecule has 0 heterocycles. The molecule has 21 heavy (non-hydrogen) atoms. The number of carbonyl (C=O) groups is 2. The number of hydrogen-bond acceptors (Lipinski definition) is 3. The summed E-state index contributed by atoms with van der Waals surface area (Å²) in [4.78, 5) is 23.3. The van der Waals surface area contributed by atoms with E-state index in [-0.39, 0.29) is 25.0 Å². The van der Waals surface area contributed by atoms with Crippen LogP contribution in [0.4, 0.5) is 0 Å². The Kier molecular flexibility index (Phi) is 5.48. The van der Waals surface area contributed by atoms with E-state index in [1.807, 2.05) is 6.92 Å². The Morgan fingerprint density at radius 2 is 2.10 bits per heavy atom. The van der Waals surface area contributed by atoms with Crippen molar-refractivity contribution in [1.29, 1.82) is 0 Å². The standard InChI is InChI=1S/C15H17Cl2NO3/c1-9(10-2-3-10)18-14(19)8-21-15(20)6-11-4-5-12(16)7-13(11)17/h4-5,7,9-10H,2-3,6,8H2,1H3,(H,18,19)/t9-/m1/s1. The van der Waals surface area contributed by atoms with Gasteiger partial charge in [-0.1, -0.05) is 29.3 Å². The molecule has 114 valence electrons. The van der Waals surface area contributed by atoms with Gasteiger partial charge in [0.15, 0.2) is 6.61 Å². The first-order chi connectivity index (χ1) is 9.95. The van der Waals surface area contributed by atoms with Crippen LogP contribution in [0.1, 0.15) is 25.3 Å². The number of ether oxygens (including phenoxy) is 1. The fraction of sp³-hybridized carbons (Fsp3) is 0.467. The van der Waals surface area contributed by atoms with Crippen molar-refractivity contribution in [3.8, 4) is 0 Å². The van der Waals surface area contributed by atoms with Gasteiger partial charge in [0, 0.05) is 16.1 Å². The maximum atomic E-state index is 11.7. The van der Waals surface area contributed by atoms with Crippen LogP contribution in [0.25, 0.3) is 0 Å². The molecule has 4 nitrogen and oxygen atoms in total. The van der Waals surface area contributed by atoms with Gasteiger partial charge in [-0.25, -0.2) is 0 Å². The third-order valence-electron chi connectivity index (χ3n) is 3.43. The molecular weight excluding hydrogens is 313 g/mol. The Bertz CT molecular complexity index is 544. The average Bonchev–Trinajstić information content (AvgIpc) is 3.24. The molecule has 0 saturated heterocycles. The molecule has 2 rings (SSSR count). The molecule has 1 aliphatic rings. The van der Waals surface area contributed by atoms with Crippen molar-refractivity contribution >= 4 is 35.1 Å². The monoisotopic (exact) mass is 329 g/mol. The molecule has 0 radical (unpaired) electrons. The number of nitrogens with one attached hydrogen (secondary N) is 1. The van der Waals surface area contributed by atoms with Crippen LogP contribution >= 0.6 is 23.2 Å². The predicted molar refractivity (Wildman–Crippen MR) is 81.5 cm³/mol. The Hall–Kier alpha value is -1.26. The first-order valence-electron chi connectivity index (χ1n) is 6.84. The predicted octanol–water partition coefficient (Wildman–Crippen LogP) is 2.99. The molecule has 1 fully saturated rings. The summed E-state index contributed by atoms with van der Waals surface area (Å²) in [5.41, 5.74) is 0.623. The Labute approximate surface area is 133 Å². The number of rotatable bonds is 6. The van der Waals surface area contributed by atoms with Gasteiger partial charge in [0.2, 0.25) is 0 Å². The fourth-order valence-electron chi connectivity index (χ4n) is 2.03. The molecule has 1 N–H and O–H groups in total. The van der Waals surface area contributed by atoms with Crippen molar-refractivity contribution in [3.05, 3.63) is 33.8 Å². The third-order valence-corrected chi connectivity index (χ3v) is 4.02. The van der Waals surface area contributed by atoms with Crippen molar-refractivity contribution in [1.82, 2.24) is 5.32 Å². The van der Waals surface area contributed by atoms with E-state index in [2.05, 4.69) is 5.32 Å². The molecule has 0 unspecified atom stereocenters. The maximum Gasteiger partial charge on any atom is 0.310 e. The van der Waals surface area contributed by atoms with Crippen LogP contribution in [0.3, 0.4) is 0 Å². The third kappa shape index (κ3) is 5.21. The summed E-state index contributed by atoms with van der Waals surface area (Å²) in [6.45, 7) is 1.70. The highest BCUT2D eigenvalue weighted by atomic mass is 35.5. The summed E-state index contributed by atoms with van der Waals surface area (Å²) in [7, 11) is 0. The van der Waals surface area contributed by atoms with Gasteiger partial charge >= 0.3 is 5.97 Å². The largest absolute Gasteiger partial charge is 0.455 e. The SMILES string of the molecule is C[C@@H](NC(=O)COC(=O)Cc1ccc(Cl)cc1Cl)C1CC1. The van der Waals surface area contributed by atoms with Crippen molar-refractivity contribution in [3.63, 3.8) is 0 Å². The summed E-state index contributed by atoms with van der Waals surface area (Å²) < 4.78 is 4.95. The van der Waals surface area contributed by atoms with Crippen LogP contribution in [-0.2, 0) is 20.7 Å². The number of hydrogen-bond donors (Lipinski definition) is 1. The van der Waals surface area contributed by atoms with E-state index < -0.39 is 5.97 Å². The first kappa shape index (κ1) is 16.1. The van der Waals surface area contributed by atoms with Crippen LogP contribution < -0.4 is 5.32 Å². The van der Waals surface area contributed by atoms with Gasteiger partial charge in [-0.15, -0.1) is 0 Å². The Morgan fingerprint density at radius 1 is 1.38 bits per heavy atom. The summed E-state index contributed by atoms with van der Waals surface area (Å²) in [6, 6.07) is 5.03. The molecule has 1 aromatic carbocycles. The highest BCUT2D eigenvalue weighted by Crippen LogP contribution is 2.32. The zero-order valence-electron chi connectivity index (χ0n) is 11.7. The van der Waals surface area contributed by atoms with Crippen molar-refractivity contribution in [2.45, 2.75) is 32.2 Å². The summed E-state index contributed by atoms with van der Waals surface area (Å²) in [5.74, 6) is -0.198. The molecule has 6 heteroatoms. The van der Waals surface area contributed by atoms with Crippen LogP contribution in [0.15, 0.2) is 18.2 Å². The van der Waals surface area contributed by atoms with E-state index in [0.717, 1.165) is 12.8 Å². The number of amides is 1. The summed E-state index contributed by atoms with van der Waals surface area (Å²) in [5, 5.41) is 3.73. The molecule has 0 bridgehead atoms. The summed E-state index contributed by atoms with van der Waals surface area (Å²) >= 11 is 11.8. The molecule has 0 aliphatic heterocycles. The van der Waals surface area contributed by atoms with Crippen molar-refractivity contribution in [2.75, 3.05) is 6.61 Å². The minimum Gasteiger partial charge on any atom is -0.455 e. The Morgan fingerprint density at radius 3 is 2.71 bits per heavy atom. The number of carbonyl (C=O) groups excluding carboxylic acids is 2. The lowest BCUT2D eigenvalue weighted by molar-refractivity contribution is -0.148. The van der Waals surface area contributed by atoms with Gasteiger partial charge in [0.1, 0.15) is 0 Å². The van der Waals surface area contributed by atoms with E-state index in [9.17, 15) is 9.59 Å². The molecule has 1 aliphatic carbocycles. The van der Waals surface area contributed by atoms with Gasteiger partial charge in [-0.05, 0) is 43.4 Å². The average molecular weight is 330 g/mol. The lowest BCUT2D eigenvalue weighted by Gasteiger charge is -2.12. The van der Waals surface area contributed by atoms with Crippen LogP contribution in [0.2, 0.25) is 10.0 Å². The molecule has 1 atom stereocenters. The zero-order valence-corrected chi connectivity index (χ0v) is 13.2. The Balaban J connectivity index is 1.75. The number of benzene rings is 1. The van der Waals surface area contributed by atoms with E-state index in [0.29, 0.717) is 21.5 Å². The molecule has 0 spiro atoms. The minimum absolute atomic E-state index is 0.0153. The van der Waals surface area contributed by atoms with Gasteiger partial charge < -0.3 is 10.1 Å². The second-order valence-corrected chi connectivity index (χ2v) is 6.11. The first-order valence-corrected chi connectivity index (χ1v) is 7.60. The van der Waals surface area contributed by atoms with Gasteiger partial charge in [-0.2, -0.15) is 0 Å². The second-order valence-electron chi connectivity index (χ2n) is 5.27. The normalized spacial score (nSPS) is 15.4. The van der Waals surface area contributed by atoms with Gasteiger partial charge in [0.05, 0.1) is 6.42 Å². The van der Waals surface area contributed by atoms with E-state index in [1.165, 1.54) is 0 Å².